The van der Waals surface area contributed by atoms with E-state index in [1.807, 2.05) is 20.8 Å². The molecule has 0 aromatic heterocycles. The maximum absolute atomic E-state index is 11.4. The van der Waals surface area contributed by atoms with Gasteiger partial charge in [-0.05, 0) is 37.8 Å². The van der Waals surface area contributed by atoms with Crippen LogP contribution >= 0.6 is 0 Å². The highest BCUT2D eigenvalue weighted by atomic mass is 17.2. The molecule has 0 radical (unpaired) electrons. The van der Waals surface area contributed by atoms with Crippen molar-refractivity contribution in [2.24, 2.45) is 5.92 Å². The summed E-state index contributed by atoms with van der Waals surface area (Å²) in [5.74, 6) is -2.37. The first-order valence-electron chi connectivity index (χ1n) is 8.78. The van der Waals surface area contributed by atoms with Crippen molar-refractivity contribution in [2.45, 2.75) is 76.7 Å². The number of hydrogen-bond acceptors (Lipinski definition) is 7. The topological polar surface area (TPSA) is 83.5 Å². The third-order valence-electron chi connectivity index (χ3n) is 5.13. The number of rotatable bonds is 7. The number of methoxy groups -OCH3 is 2. The molecule has 2 unspecified atom stereocenters. The molecule has 0 aliphatic carbocycles. The lowest BCUT2D eigenvalue weighted by atomic mass is 9.89. The molecule has 2 aliphatic rings. The molecule has 0 saturated carbocycles. The molecule has 2 aliphatic heterocycles. The molecule has 0 amide bonds. The Labute approximate surface area is 149 Å². The Balaban J connectivity index is 1.87. The van der Waals surface area contributed by atoms with Crippen molar-refractivity contribution in [3.05, 3.63) is 11.6 Å². The number of carbonyl (C=O) groups excluding carboxylic acids is 1. The van der Waals surface area contributed by atoms with Crippen LogP contribution in [0.25, 0.3) is 0 Å². The van der Waals surface area contributed by atoms with Crippen LogP contribution in [-0.2, 0) is 28.8 Å². The van der Waals surface area contributed by atoms with Crippen LogP contribution in [0.2, 0.25) is 0 Å². The van der Waals surface area contributed by atoms with Gasteiger partial charge in [0.05, 0.1) is 19.6 Å². The first-order valence-corrected chi connectivity index (χ1v) is 8.78. The number of ether oxygens (including phenoxy) is 3. The van der Waals surface area contributed by atoms with E-state index in [-0.39, 0.29) is 30.5 Å². The second-order valence-corrected chi connectivity index (χ2v) is 7.14. The Morgan fingerprint density at radius 2 is 2.08 bits per heavy atom. The van der Waals surface area contributed by atoms with Crippen molar-refractivity contribution < 1.29 is 33.9 Å². The number of esters is 1. The molecule has 0 aromatic carbocycles. The van der Waals surface area contributed by atoms with Gasteiger partial charge in [-0.25, -0.2) is 9.78 Å². The van der Waals surface area contributed by atoms with Gasteiger partial charge in [-0.1, -0.05) is 6.92 Å². The molecular weight excluding hydrogens is 328 g/mol. The fraction of sp³-hybridized carbons (Fsp3) is 0.833. The molecule has 0 aromatic rings. The van der Waals surface area contributed by atoms with Crippen molar-refractivity contribution in [2.75, 3.05) is 14.2 Å². The fourth-order valence-electron chi connectivity index (χ4n) is 3.39. The normalized spacial score (nSPS) is 38.5. The third kappa shape index (κ3) is 5.01. The molecular formula is C18H30O7. The molecule has 2 rings (SSSR count). The molecule has 1 N–H and O–H groups in total. The quantitative estimate of drug-likeness (QED) is 0.425. The maximum Gasteiger partial charge on any atom is 0.308 e. The van der Waals surface area contributed by atoms with Crippen LogP contribution in [0, 0.1) is 5.92 Å². The number of aliphatic hydroxyl groups is 1. The first-order chi connectivity index (χ1) is 11.7. The van der Waals surface area contributed by atoms with Crippen LogP contribution in [0.3, 0.4) is 0 Å². The summed E-state index contributed by atoms with van der Waals surface area (Å²) in [6.07, 6.45) is 3.71. The van der Waals surface area contributed by atoms with Crippen LogP contribution in [0.15, 0.2) is 11.6 Å². The van der Waals surface area contributed by atoms with Gasteiger partial charge in [0.15, 0.2) is 5.79 Å². The molecule has 0 bridgehead atoms. The molecule has 2 heterocycles. The van der Waals surface area contributed by atoms with Crippen LogP contribution in [0.5, 0.6) is 0 Å². The Morgan fingerprint density at radius 1 is 1.36 bits per heavy atom. The predicted molar refractivity (Wildman–Crippen MR) is 89.2 cm³/mol. The second-order valence-electron chi connectivity index (χ2n) is 7.14. The lowest BCUT2D eigenvalue weighted by molar-refractivity contribution is -0.475. The van der Waals surface area contributed by atoms with Gasteiger partial charge >= 0.3 is 5.97 Å². The number of hydrogen-bond donors (Lipinski definition) is 1. The minimum Gasteiger partial charge on any atom is -0.469 e. The van der Waals surface area contributed by atoms with E-state index >= 15 is 0 Å². The Hall–Kier alpha value is -0.990. The van der Waals surface area contributed by atoms with Crippen molar-refractivity contribution in [3.8, 4) is 0 Å². The Morgan fingerprint density at radius 3 is 2.60 bits per heavy atom. The first kappa shape index (κ1) is 20.3. The summed E-state index contributed by atoms with van der Waals surface area (Å²) in [5, 5.41) is 10.5. The molecule has 7 heteroatoms. The highest BCUT2D eigenvalue weighted by Crippen LogP contribution is 2.38. The summed E-state index contributed by atoms with van der Waals surface area (Å²) in [5.41, 5.74) is 1.03. The zero-order chi connectivity index (χ0) is 18.7. The van der Waals surface area contributed by atoms with E-state index in [1.54, 1.807) is 13.2 Å². The van der Waals surface area contributed by atoms with Gasteiger partial charge in [-0.2, -0.15) is 0 Å². The average Bonchev–Trinajstić information content (AvgIpc) is 2.82. The third-order valence-corrected chi connectivity index (χ3v) is 5.13. The van der Waals surface area contributed by atoms with E-state index in [0.717, 1.165) is 5.57 Å². The Kier molecular flexibility index (Phi) is 6.62. The molecule has 7 nitrogen and oxygen atoms in total. The summed E-state index contributed by atoms with van der Waals surface area (Å²) in [6.45, 7) is 5.85. The average molecular weight is 358 g/mol. The minimum atomic E-state index is -1.23. The van der Waals surface area contributed by atoms with E-state index < -0.39 is 11.6 Å². The minimum absolute atomic E-state index is 0.0702. The fourth-order valence-corrected chi connectivity index (χ4v) is 3.39. The predicted octanol–water partition coefficient (Wildman–Crippen LogP) is 2.47. The van der Waals surface area contributed by atoms with Crippen LogP contribution in [0.1, 0.15) is 52.9 Å². The molecule has 0 spiro atoms. The van der Waals surface area contributed by atoms with Gasteiger partial charge in [0.1, 0.15) is 6.10 Å². The zero-order valence-corrected chi connectivity index (χ0v) is 15.7. The van der Waals surface area contributed by atoms with Gasteiger partial charge < -0.3 is 19.3 Å². The van der Waals surface area contributed by atoms with E-state index in [0.29, 0.717) is 25.7 Å². The van der Waals surface area contributed by atoms with Gasteiger partial charge in [0.25, 0.3) is 0 Å². The van der Waals surface area contributed by atoms with Gasteiger partial charge in [0.2, 0.25) is 5.79 Å². The second kappa shape index (κ2) is 8.14. The van der Waals surface area contributed by atoms with Gasteiger partial charge in [0, 0.05) is 26.4 Å². The lowest BCUT2D eigenvalue weighted by Crippen LogP contribution is -2.46. The monoisotopic (exact) mass is 358 g/mol. The molecule has 1 saturated heterocycles. The summed E-state index contributed by atoms with van der Waals surface area (Å²) in [6, 6.07) is 0. The van der Waals surface area contributed by atoms with Gasteiger partial charge in [-0.3, -0.25) is 4.79 Å². The lowest BCUT2D eigenvalue weighted by Gasteiger charge is -2.41. The van der Waals surface area contributed by atoms with E-state index in [9.17, 15) is 9.90 Å². The van der Waals surface area contributed by atoms with Gasteiger partial charge in [-0.15, -0.1) is 0 Å². The summed E-state index contributed by atoms with van der Waals surface area (Å²) >= 11 is 0. The Bertz CT molecular complexity index is 506. The van der Waals surface area contributed by atoms with Crippen LogP contribution < -0.4 is 0 Å². The zero-order valence-electron chi connectivity index (χ0n) is 15.7. The van der Waals surface area contributed by atoms with Crippen molar-refractivity contribution in [3.63, 3.8) is 0 Å². The molecule has 25 heavy (non-hydrogen) atoms. The van der Waals surface area contributed by atoms with Crippen molar-refractivity contribution in [1.29, 1.82) is 0 Å². The van der Waals surface area contributed by atoms with E-state index in [4.69, 9.17) is 19.2 Å². The molecule has 1 fully saturated rings. The maximum atomic E-state index is 11.4. The standard InChI is InChI=1S/C18H30O7/c1-12-10-17(20,23-14(12)3)7-6-8-18(22-5)11-13(2)15(24-25-18)9-16(19)21-4/h10,13-15,20H,6-9,11H2,1-5H3/t13-,14?,15-,17?,18+/m0/s1. The summed E-state index contributed by atoms with van der Waals surface area (Å²) < 4.78 is 15.9. The van der Waals surface area contributed by atoms with Crippen LogP contribution in [-0.4, -0.2) is 49.1 Å². The van der Waals surface area contributed by atoms with Crippen molar-refractivity contribution >= 4 is 5.97 Å². The van der Waals surface area contributed by atoms with Crippen molar-refractivity contribution in [1.82, 2.24) is 0 Å². The summed E-state index contributed by atoms with van der Waals surface area (Å²) in [7, 11) is 2.92. The van der Waals surface area contributed by atoms with Crippen LogP contribution in [0.4, 0.5) is 0 Å². The highest BCUT2D eigenvalue weighted by Gasteiger charge is 2.44. The SMILES string of the molecule is COC(=O)C[C@@H]1OO[C@@](CCCC2(O)C=C(C)C(C)O2)(OC)C[C@@H]1C. The highest BCUT2D eigenvalue weighted by molar-refractivity contribution is 5.69. The molecule has 5 atom stereocenters. The van der Waals surface area contributed by atoms with E-state index in [2.05, 4.69) is 4.74 Å². The number of carbonyl (C=O) groups is 1. The largest absolute Gasteiger partial charge is 0.469 e. The smallest absolute Gasteiger partial charge is 0.308 e. The molecule has 144 valence electrons. The van der Waals surface area contributed by atoms with E-state index in [1.165, 1.54) is 7.11 Å². The summed E-state index contributed by atoms with van der Waals surface area (Å²) in [4.78, 5) is 22.4.